The minimum Gasteiger partial charge on any atom is -0.490 e. The number of nitrogens with one attached hydrogen (secondary N) is 2. The lowest BCUT2D eigenvalue weighted by Crippen LogP contribution is -2.54. The molecule has 0 radical (unpaired) electrons. The van der Waals surface area contributed by atoms with Gasteiger partial charge < -0.3 is 25.0 Å². The molecule has 8 nitrogen and oxygen atoms in total. The maximum absolute atomic E-state index is 13.3. The van der Waals surface area contributed by atoms with E-state index < -0.39 is 17.6 Å². The molecule has 2 aliphatic rings. The monoisotopic (exact) mass is 505 g/mol. The van der Waals surface area contributed by atoms with E-state index in [2.05, 4.69) is 10.6 Å². The quantitative estimate of drug-likeness (QED) is 0.664. The summed E-state index contributed by atoms with van der Waals surface area (Å²) in [4.78, 5) is 38.7. The fourth-order valence-corrected chi connectivity index (χ4v) is 4.38. The van der Waals surface area contributed by atoms with Crippen LogP contribution in [0.15, 0.2) is 42.5 Å². The van der Waals surface area contributed by atoms with Gasteiger partial charge in [0.1, 0.15) is 18.5 Å². The molecule has 1 saturated heterocycles. The molecule has 11 heteroatoms. The molecular formula is C25H26F3N3O5. The molecule has 192 valence electrons. The van der Waals surface area contributed by atoms with Gasteiger partial charge in [-0.15, -0.1) is 0 Å². The summed E-state index contributed by atoms with van der Waals surface area (Å²) < 4.78 is 50.3. The Morgan fingerprint density at radius 1 is 1.11 bits per heavy atom. The summed E-state index contributed by atoms with van der Waals surface area (Å²) in [5, 5.41) is 5.36. The number of alkyl halides is 3. The molecule has 0 spiro atoms. The van der Waals surface area contributed by atoms with Gasteiger partial charge in [-0.25, -0.2) is 0 Å². The molecule has 3 amide bonds. The Morgan fingerprint density at radius 3 is 2.50 bits per heavy atom. The van der Waals surface area contributed by atoms with E-state index in [4.69, 9.17) is 9.47 Å². The predicted octanol–water partition coefficient (Wildman–Crippen LogP) is 3.47. The number of rotatable bonds is 4. The van der Waals surface area contributed by atoms with Gasteiger partial charge in [-0.3, -0.25) is 14.4 Å². The van der Waals surface area contributed by atoms with Gasteiger partial charge in [0.2, 0.25) is 5.91 Å². The molecule has 2 aromatic carbocycles. The maximum atomic E-state index is 13.3. The lowest BCUT2D eigenvalue weighted by Gasteiger charge is -2.42. The van der Waals surface area contributed by atoms with Gasteiger partial charge in [-0.1, -0.05) is 0 Å². The zero-order valence-corrected chi connectivity index (χ0v) is 19.7. The molecule has 0 bridgehead atoms. The molecule has 2 aromatic rings. The Kier molecular flexibility index (Phi) is 7.21. The van der Waals surface area contributed by atoms with Crippen molar-refractivity contribution in [3.63, 3.8) is 0 Å². The van der Waals surface area contributed by atoms with Crippen LogP contribution in [0, 0.1) is 0 Å². The van der Waals surface area contributed by atoms with Crippen molar-refractivity contribution in [1.82, 2.24) is 10.2 Å². The van der Waals surface area contributed by atoms with Crippen LogP contribution in [0.25, 0.3) is 0 Å². The molecule has 2 aliphatic heterocycles. The van der Waals surface area contributed by atoms with Gasteiger partial charge in [0.25, 0.3) is 11.8 Å². The average Bonchev–Trinajstić information content (AvgIpc) is 2.84. The Morgan fingerprint density at radius 2 is 1.83 bits per heavy atom. The van der Waals surface area contributed by atoms with Crippen LogP contribution in [-0.4, -0.2) is 61.1 Å². The number of likely N-dealkylation sites (N-methyl/N-ethyl adjacent to an activating group) is 1. The fraction of sp³-hybridized carbons (Fsp3) is 0.400. The largest absolute Gasteiger partial charge is 0.490 e. The molecule has 3 atom stereocenters. The first-order chi connectivity index (χ1) is 17.0. The lowest BCUT2D eigenvalue weighted by atomic mass is 9.95. The first kappa shape index (κ1) is 25.5. The molecule has 1 fully saturated rings. The molecule has 2 heterocycles. The zero-order chi connectivity index (χ0) is 26.0. The van der Waals surface area contributed by atoms with Gasteiger partial charge in [0.15, 0.2) is 0 Å². The van der Waals surface area contributed by atoms with Crippen LogP contribution in [0.5, 0.6) is 5.75 Å². The Balaban J connectivity index is 1.48. The van der Waals surface area contributed by atoms with E-state index in [1.807, 2.05) is 0 Å². The molecule has 0 aromatic heterocycles. The van der Waals surface area contributed by atoms with E-state index in [-0.39, 0.29) is 47.8 Å². The summed E-state index contributed by atoms with van der Waals surface area (Å²) in [5.41, 5.74) is -0.249. The summed E-state index contributed by atoms with van der Waals surface area (Å²) in [6, 6.07) is 8.22. The van der Waals surface area contributed by atoms with Crippen molar-refractivity contribution in [2.24, 2.45) is 0 Å². The molecule has 4 rings (SSSR count). The highest BCUT2D eigenvalue weighted by Crippen LogP contribution is 2.32. The van der Waals surface area contributed by atoms with Gasteiger partial charge in [0.05, 0.1) is 23.3 Å². The second-order valence-electron chi connectivity index (χ2n) is 8.85. The Labute approximate surface area is 205 Å². The average molecular weight is 505 g/mol. The number of amides is 3. The zero-order valence-electron chi connectivity index (χ0n) is 19.7. The van der Waals surface area contributed by atoms with E-state index in [1.54, 1.807) is 24.1 Å². The summed E-state index contributed by atoms with van der Waals surface area (Å²) in [6.45, 7) is 2.02. The number of hydrogen-bond acceptors (Lipinski definition) is 5. The van der Waals surface area contributed by atoms with Crippen LogP contribution < -0.4 is 15.4 Å². The van der Waals surface area contributed by atoms with E-state index in [1.165, 1.54) is 13.0 Å². The Hall–Kier alpha value is -3.60. The minimum absolute atomic E-state index is 0.0467. The van der Waals surface area contributed by atoms with Gasteiger partial charge >= 0.3 is 6.18 Å². The molecule has 0 saturated carbocycles. The summed E-state index contributed by atoms with van der Waals surface area (Å²) >= 11 is 0. The number of fused-ring (bicyclic) bond motifs is 2. The highest BCUT2D eigenvalue weighted by molar-refractivity contribution is 6.05. The fourth-order valence-electron chi connectivity index (χ4n) is 4.38. The lowest BCUT2D eigenvalue weighted by molar-refractivity contribution is -0.137. The van der Waals surface area contributed by atoms with Crippen molar-refractivity contribution in [3.05, 3.63) is 59.2 Å². The van der Waals surface area contributed by atoms with Gasteiger partial charge in [0, 0.05) is 31.8 Å². The third kappa shape index (κ3) is 5.62. The smallest absolute Gasteiger partial charge is 0.416 e. The molecule has 0 aliphatic carbocycles. The number of halogens is 3. The third-order valence-corrected chi connectivity index (χ3v) is 6.32. The molecule has 2 N–H and O–H groups in total. The number of carbonyl (C=O) groups excluding carboxylic acids is 3. The maximum Gasteiger partial charge on any atom is 0.416 e. The van der Waals surface area contributed by atoms with Crippen LogP contribution >= 0.6 is 0 Å². The van der Waals surface area contributed by atoms with Crippen molar-refractivity contribution < 1.29 is 37.0 Å². The van der Waals surface area contributed by atoms with Crippen molar-refractivity contribution >= 4 is 23.4 Å². The van der Waals surface area contributed by atoms with E-state index >= 15 is 0 Å². The van der Waals surface area contributed by atoms with Gasteiger partial charge in [-0.2, -0.15) is 13.2 Å². The van der Waals surface area contributed by atoms with E-state index in [0.29, 0.717) is 30.8 Å². The number of ether oxygens (including phenoxy) is 2. The predicted molar refractivity (Wildman–Crippen MR) is 124 cm³/mol. The Bertz CT molecular complexity index is 1150. The van der Waals surface area contributed by atoms with Crippen LogP contribution in [0.4, 0.5) is 18.9 Å². The van der Waals surface area contributed by atoms with E-state index in [0.717, 1.165) is 24.3 Å². The summed E-state index contributed by atoms with van der Waals surface area (Å²) in [6.07, 6.45) is -3.72. The second kappa shape index (κ2) is 10.2. The van der Waals surface area contributed by atoms with Crippen LogP contribution in [0.1, 0.15) is 46.0 Å². The van der Waals surface area contributed by atoms with Crippen molar-refractivity contribution in [2.45, 2.75) is 44.2 Å². The van der Waals surface area contributed by atoms with Crippen molar-refractivity contribution in [2.75, 3.05) is 25.5 Å². The third-order valence-electron chi connectivity index (χ3n) is 6.32. The van der Waals surface area contributed by atoms with Crippen molar-refractivity contribution in [3.8, 4) is 5.75 Å². The normalized spacial score (nSPS) is 21.9. The molecular weight excluding hydrogens is 479 g/mol. The number of carbonyl (C=O) groups is 3. The number of hydrogen-bond donors (Lipinski definition) is 2. The second-order valence-corrected chi connectivity index (χ2v) is 8.85. The highest BCUT2D eigenvalue weighted by atomic mass is 19.4. The summed E-state index contributed by atoms with van der Waals surface area (Å²) in [7, 11) is 1.68. The SMILES string of the molecule is CC(=O)NC[C@@H]1CC[C@H]2[C@H](COc3ccc(NC(=O)c4ccc(C(F)(F)F)cc4)cc3C(=O)N2C)O1. The standard InChI is InChI=1S/C25H26F3N3O5/c1-14(32)29-12-18-8-9-20-22(36-18)13-35-21-10-7-17(11-19(21)24(34)31(20)2)30-23(33)15-3-5-16(6-4-15)25(26,27)28/h3-7,10-11,18,20,22H,8-9,12-13H2,1-2H3,(H,29,32)(H,30,33)/t18-,20-,22-/m0/s1. The minimum atomic E-state index is -4.49. The highest BCUT2D eigenvalue weighted by Gasteiger charge is 2.38. The number of anilines is 1. The molecule has 0 unspecified atom stereocenters. The van der Waals surface area contributed by atoms with Crippen LogP contribution in [0.2, 0.25) is 0 Å². The van der Waals surface area contributed by atoms with Crippen LogP contribution in [-0.2, 0) is 15.7 Å². The summed E-state index contributed by atoms with van der Waals surface area (Å²) in [5.74, 6) is -0.737. The first-order valence-electron chi connectivity index (χ1n) is 11.5. The first-order valence-corrected chi connectivity index (χ1v) is 11.5. The van der Waals surface area contributed by atoms with Crippen molar-refractivity contribution in [1.29, 1.82) is 0 Å². The number of nitrogens with zero attached hydrogens (tertiary/aromatic N) is 1. The number of benzene rings is 2. The molecule has 36 heavy (non-hydrogen) atoms. The van der Waals surface area contributed by atoms with Gasteiger partial charge in [-0.05, 0) is 55.3 Å². The van der Waals surface area contributed by atoms with Crippen LogP contribution in [0.3, 0.4) is 0 Å². The van der Waals surface area contributed by atoms with E-state index in [9.17, 15) is 27.6 Å². The topological polar surface area (TPSA) is 97.0 Å².